The van der Waals surface area contributed by atoms with Crippen LogP contribution in [-0.2, 0) is 17.7 Å². The van der Waals surface area contributed by atoms with Crippen LogP contribution in [0.3, 0.4) is 0 Å². The topological polar surface area (TPSA) is 81.7 Å². The first-order valence-corrected chi connectivity index (χ1v) is 12.9. The number of ether oxygens (including phenoxy) is 1. The molecule has 2 heterocycles. The lowest BCUT2D eigenvalue weighted by Gasteiger charge is -2.38. The zero-order valence-corrected chi connectivity index (χ0v) is 21.5. The molecular weight excluding hydrogens is 464 g/mol. The SMILES string of the molecule is COC1CN(Cc2ccc(C#Cc3ccc([C@@H](Cc4nc[nH]c(=O)c4O)CN(C)C4CC4)cc3)cc2)C1. The van der Waals surface area contributed by atoms with E-state index in [2.05, 4.69) is 75.1 Å². The van der Waals surface area contributed by atoms with Crippen LogP contribution in [0.4, 0.5) is 0 Å². The van der Waals surface area contributed by atoms with Crippen LogP contribution in [0, 0.1) is 11.8 Å². The molecule has 1 saturated carbocycles. The van der Waals surface area contributed by atoms with Crippen LogP contribution in [0.25, 0.3) is 0 Å². The predicted octanol–water partition coefficient (Wildman–Crippen LogP) is 3.13. The summed E-state index contributed by atoms with van der Waals surface area (Å²) in [7, 11) is 3.91. The Hall–Kier alpha value is -3.44. The minimum absolute atomic E-state index is 0.103. The standard InChI is InChI=1S/C30H34N4O3/c1-33(26-13-14-26)17-25(15-28-29(35)30(36)32-20-31-28)24-11-9-22(10-12-24)4-3-21-5-7-23(8-6-21)16-34-18-27(19-34)37-2/h5-12,20,25-27,35H,13-19H2,1-2H3,(H,31,32,36)/t25-/m0/s1. The van der Waals surface area contributed by atoms with Crippen molar-refractivity contribution in [1.29, 1.82) is 0 Å². The number of hydrogen-bond acceptors (Lipinski definition) is 6. The van der Waals surface area contributed by atoms with Gasteiger partial charge in [-0.1, -0.05) is 36.1 Å². The molecule has 0 spiro atoms. The first-order valence-electron chi connectivity index (χ1n) is 12.9. The molecule has 2 fully saturated rings. The number of aromatic hydroxyl groups is 1. The number of hydrogen-bond donors (Lipinski definition) is 2. The van der Waals surface area contributed by atoms with Gasteiger partial charge in [0.2, 0.25) is 5.75 Å². The molecule has 1 aliphatic carbocycles. The highest BCUT2D eigenvalue weighted by molar-refractivity contribution is 5.44. The summed E-state index contributed by atoms with van der Waals surface area (Å²) >= 11 is 0. The van der Waals surface area contributed by atoms with Crippen LogP contribution in [0.1, 0.15) is 46.7 Å². The van der Waals surface area contributed by atoms with E-state index in [1.54, 1.807) is 7.11 Å². The van der Waals surface area contributed by atoms with Crippen LogP contribution < -0.4 is 5.56 Å². The van der Waals surface area contributed by atoms with Gasteiger partial charge in [0, 0.05) is 62.8 Å². The van der Waals surface area contributed by atoms with E-state index in [0.717, 1.165) is 42.9 Å². The third kappa shape index (κ3) is 6.47. The molecule has 0 amide bonds. The van der Waals surface area contributed by atoms with E-state index in [0.29, 0.717) is 24.3 Å². The molecule has 3 aromatic rings. The van der Waals surface area contributed by atoms with Gasteiger partial charge in [-0.05, 0) is 55.3 Å². The minimum Gasteiger partial charge on any atom is -0.502 e. The van der Waals surface area contributed by atoms with Gasteiger partial charge in [0.05, 0.1) is 18.1 Å². The van der Waals surface area contributed by atoms with Crippen molar-refractivity contribution in [2.75, 3.05) is 33.8 Å². The van der Waals surface area contributed by atoms with Gasteiger partial charge in [-0.15, -0.1) is 0 Å². The molecule has 7 nitrogen and oxygen atoms in total. The van der Waals surface area contributed by atoms with Gasteiger partial charge in [0.1, 0.15) is 0 Å². The maximum atomic E-state index is 11.9. The number of nitrogens with zero attached hydrogens (tertiary/aromatic N) is 3. The fourth-order valence-corrected chi connectivity index (χ4v) is 4.85. The van der Waals surface area contributed by atoms with E-state index in [1.807, 2.05) is 12.1 Å². The summed E-state index contributed by atoms with van der Waals surface area (Å²) in [6.07, 6.45) is 4.66. The maximum absolute atomic E-state index is 11.9. The van der Waals surface area contributed by atoms with Crippen molar-refractivity contribution in [3.63, 3.8) is 0 Å². The number of benzene rings is 2. The van der Waals surface area contributed by atoms with Crippen molar-refractivity contribution in [3.8, 4) is 17.6 Å². The predicted molar refractivity (Wildman–Crippen MR) is 144 cm³/mol. The number of likely N-dealkylation sites (tertiary alicyclic amines) is 1. The Morgan fingerprint density at radius 2 is 1.76 bits per heavy atom. The molecule has 2 aliphatic rings. The van der Waals surface area contributed by atoms with Crippen LogP contribution in [0.2, 0.25) is 0 Å². The normalized spacial score (nSPS) is 16.7. The average molecular weight is 499 g/mol. The van der Waals surface area contributed by atoms with Crippen molar-refractivity contribution in [2.24, 2.45) is 0 Å². The second-order valence-corrected chi connectivity index (χ2v) is 10.2. The number of nitrogens with one attached hydrogen (secondary N) is 1. The first kappa shape index (κ1) is 25.2. The number of rotatable bonds is 9. The molecule has 0 unspecified atom stereocenters. The molecule has 1 aromatic heterocycles. The molecule has 1 atom stereocenters. The van der Waals surface area contributed by atoms with E-state index in [1.165, 1.54) is 24.7 Å². The highest BCUT2D eigenvalue weighted by Crippen LogP contribution is 2.30. The Morgan fingerprint density at radius 1 is 1.11 bits per heavy atom. The van der Waals surface area contributed by atoms with E-state index >= 15 is 0 Å². The van der Waals surface area contributed by atoms with Gasteiger partial charge in [0.15, 0.2) is 0 Å². The quantitative estimate of drug-likeness (QED) is 0.441. The lowest BCUT2D eigenvalue weighted by molar-refractivity contribution is -0.0333. The summed E-state index contributed by atoms with van der Waals surface area (Å²) in [5, 5.41) is 10.2. The number of H-pyrrole nitrogens is 1. The fraction of sp³-hybridized carbons (Fsp3) is 0.400. The molecule has 0 bridgehead atoms. The lowest BCUT2D eigenvalue weighted by atomic mass is 9.92. The van der Waals surface area contributed by atoms with Crippen molar-refractivity contribution in [3.05, 3.63) is 93.2 Å². The summed E-state index contributed by atoms with van der Waals surface area (Å²) < 4.78 is 5.34. The Labute approximate surface area is 218 Å². The van der Waals surface area contributed by atoms with Crippen molar-refractivity contribution in [1.82, 2.24) is 19.8 Å². The Morgan fingerprint density at radius 3 is 2.38 bits per heavy atom. The zero-order chi connectivity index (χ0) is 25.8. The Balaban J connectivity index is 1.25. The zero-order valence-electron chi connectivity index (χ0n) is 21.5. The Bertz CT molecular complexity index is 1310. The summed E-state index contributed by atoms with van der Waals surface area (Å²) in [5.74, 6) is 6.35. The average Bonchev–Trinajstić information content (AvgIpc) is 3.74. The van der Waals surface area contributed by atoms with Gasteiger partial charge in [-0.25, -0.2) is 4.98 Å². The fourth-order valence-electron chi connectivity index (χ4n) is 4.85. The smallest absolute Gasteiger partial charge is 0.293 e. The first-order chi connectivity index (χ1) is 18.0. The second-order valence-electron chi connectivity index (χ2n) is 10.2. The molecular formula is C30H34N4O3. The largest absolute Gasteiger partial charge is 0.502 e. The highest BCUT2D eigenvalue weighted by Gasteiger charge is 2.29. The molecule has 2 aromatic carbocycles. The monoisotopic (exact) mass is 498 g/mol. The molecule has 2 N–H and O–H groups in total. The van der Waals surface area contributed by atoms with Gasteiger partial charge < -0.3 is 19.7 Å². The van der Waals surface area contributed by atoms with E-state index in [-0.39, 0.29) is 11.7 Å². The summed E-state index contributed by atoms with van der Waals surface area (Å²) in [6, 6.07) is 17.4. The van der Waals surface area contributed by atoms with Crippen molar-refractivity contribution < 1.29 is 9.84 Å². The van der Waals surface area contributed by atoms with E-state index < -0.39 is 5.56 Å². The molecule has 1 aliphatic heterocycles. The third-order valence-electron chi connectivity index (χ3n) is 7.37. The summed E-state index contributed by atoms with van der Waals surface area (Å²) in [4.78, 5) is 23.3. The number of aromatic amines is 1. The summed E-state index contributed by atoms with van der Waals surface area (Å²) in [5.41, 5.74) is 4.30. The second kappa shape index (κ2) is 11.3. The molecule has 1 saturated heterocycles. The van der Waals surface area contributed by atoms with Crippen LogP contribution in [0.15, 0.2) is 59.7 Å². The van der Waals surface area contributed by atoms with Crippen LogP contribution in [0.5, 0.6) is 5.75 Å². The van der Waals surface area contributed by atoms with Gasteiger partial charge in [-0.2, -0.15) is 0 Å². The molecule has 5 rings (SSSR count). The van der Waals surface area contributed by atoms with E-state index in [9.17, 15) is 9.90 Å². The molecule has 0 radical (unpaired) electrons. The van der Waals surface area contributed by atoms with Crippen LogP contribution >= 0.6 is 0 Å². The molecule has 37 heavy (non-hydrogen) atoms. The third-order valence-corrected chi connectivity index (χ3v) is 7.37. The highest BCUT2D eigenvalue weighted by atomic mass is 16.5. The number of aromatic nitrogens is 2. The maximum Gasteiger partial charge on any atom is 0.293 e. The van der Waals surface area contributed by atoms with E-state index in [4.69, 9.17) is 4.74 Å². The van der Waals surface area contributed by atoms with Crippen LogP contribution in [-0.4, -0.2) is 70.8 Å². The van der Waals surface area contributed by atoms with Gasteiger partial charge in [-0.3, -0.25) is 9.69 Å². The van der Waals surface area contributed by atoms with Gasteiger partial charge in [0.25, 0.3) is 5.56 Å². The summed E-state index contributed by atoms with van der Waals surface area (Å²) in [6.45, 7) is 3.76. The van der Waals surface area contributed by atoms with Crippen molar-refractivity contribution in [2.45, 2.75) is 43.9 Å². The lowest BCUT2D eigenvalue weighted by Crippen LogP contribution is -2.50. The Kier molecular flexibility index (Phi) is 7.71. The number of likely N-dealkylation sites (N-methyl/N-ethyl adjacent to an activating group) is 1. The molecule has 192 valence electrons. The van der Waals surface area contributed by atoms with Crippen molar-refractivity contribution >= 4 is 0 Å². The molecule has 7 heteroatoms. The van der Waals surface area contributed by atoms with Gasteiger partial charge >= 0.3 is 0 Å². The number of methoxy groups -OCH3 is 1. The minimum atomic E-state index is -0.502.